The van der Waals surface area contributed by atoms with E-state index in [1.807, 2.05) is 60.8 Å². The Kier molecular flexibility index (Phi) is 4.77. The summed E-state index contributed by atoms with van der Waals surface area (Å²) in [7, 11) is 0. The van der Waals surface area contributed by atoms with Crippen LogP contribution in [0.4, 0.5) is 5.69 Å². The van der Waals surface area contributed by atoms with E-state index in [-0.39, 0.29) is 5.11 Å². The van der Waals surface area contributed by atoms with Gasteiger partial charge in [-0.3, -0.25) is 0 Å². The summed E-state index contributed by atoms with van der Waals surface area (Å²) in [5, 5.41) is 16.7. The van der Waals surface area contributed by atoms with Gasteiger partial charge in [0, 0.05) is 29.2 Å². The minimum Gasteiger partial charge on any atom is -0.480 e. The molecule has 122 valence electrons. The van der Waals surface area contributed by atoms with Crippen LogP contribution in [0.2, 0.25) is 0 Å². The Morgan fingerprint density at radius 2 is 1.83 bits per heavy atom. The van der Waals surface area contributed by atoms with Crippen molar-refractivity contribution in [1.29, 1.82) is 0 Å². The molecule has 0 spiro atoms. The number of fused-ring (bicyclic) bond motifs is 1. The van der Waals surface area contributed by atoms with Gasteiger partial charge in [-0.2, -0.15) is 0 Å². The third-order valence-corrected chi connectivity index (χ3v) is 3.95. The highest BCUT2D eigenvalue weighted by Crippen LogP contribution is 2.19. The molecule has 0 aliphatic carbocycles. The molecule has 3 aromatic rings. The van der Waals surface area contributed by atoms with E-state index in [1.54, 1.807) is 0 Å². The highest BCUT2D eigenvalue weighted by Gasteiger charge is 2.20. The van der Waals surface area contributed by atoms with Crippen LogP contribution in [0.15, 0.2) is 60.8 Å². The first kappa shape index (κ1) is 16.0. The Morgan fingerprint density at radius 1 is 1.12 bits per heavy atom. The number of carboxylic acid groups (broad SMARTS) is 1. The molecule has 4 N–H and O–H groups in total. The molecule has 1 heterocycles. The maximum absolute atomic E-state index is 11.6. The predicted octanol–water partition coefficient (Wildman–Crippen LogP) is 3.15. The molecule has 0 radical (unpaired) electrons. The van der Waals surface area contributed by atoms with E-state index >= 15 is 0 Å². The molecule has 1 atom stereocenters. The molecule has 6 heteroatoms. The lowest BCUT2D eigenvalue weighted by atomic mass is 10.1. The lowest BCUT2D eigenvalue weighted by Gasteiger charge is -2.17. The number of para-hydroxylation sites is 2. The fourth-order valence-electron chi connectivity index (χ4n) is 2.57. The van der Waals surface area contributed by atoms with Crippen molar-refractivity contribution in [3.8, 4) is 0 Å². The van der Waals surface area contributed by atoms with Gasteiger partial charge in [-0.05, 0) is 36.0 Å². The lowest BCUT2D eigenvalue weighted by Crippen LogP contribution is -2.44. The summed E-state index contributed by atoms with van der Waals surface area (Å²) in [5.74, 6) is -0.947. The molecule has 0 saturated carbocycles. The number of rotatable bonds is 5. The zero-order valence-corrected chi connectivity index (χ0v) is 13.6. The van der Waals surface area contributed by atoms with E-state index in [0.29, 0.717) is 6.42 Å². The van der Waals surface area contributed by atoms with Crippen molar-refractivity contribution in [2.75, 3.05) is 5.32 Å². The number of carboxylic acids is 1. The summed E-state index contributed by atoms with van der Waals surface area (Å²) in [6, 6.07) is 16.4. The van der Waals surface area contributed by atoms with E-state index in [2.05, 4.69) is 15.6 Å². The van der Waals surface area contributed by atoms with Crippen LogP contribution in [0.5, 0.6) is 0 Å². The first-order valence-electron chi connectivity index (χ1n) is 7.54. The fourth-order valence-corrected chi connectivity index (χ4v) is 2.83. The van der Waals surface area contributed by atoms with Gasteiger partial charge in [-0.1, -0.05) is 36.4 Å². The number of anilines is 1. The van der Waals surface area contributed by atoms with Gasteiger partial charge >= 0.3 is 5.97 Å². The zero-order chi connectivity index (χ0) is 16.9. The number of aromatic amines is 1. The Hall–Kier alpha value is -2.86. The number of benzene rings is 2. The van der Waals surface area contributed by atoms with E-state index in [1.165, 1.54) is 0 Å². The van der Waals surface area contributed by atoms with Gasteiger partial charge in [0.15, 0.2) is 5.11 Å². The molecule has 0 aliphatic heterocycles. The van der Waals surface area contributed by atoms with Gasteiger partial charge < -0.3 is 20.7 Å². The van der Waals surface area contributed by atoms with Gasteiger partial charge in [-0.25, -0.2) is 4.79 Å². The van der Waals surface area contributed by atoms with Crippen LogP contribution >= 0.6 is 12.2 Å². The van der Waals surface area contributed by atoms with Gasteiger partial charge in [0.25, 0.3) is 0 Å². The molecule has 0 fully saturated rings. The first-order valence-corrected chi connectivity index (χ1v) is 7.94. The maximum Gasteiger partial charge on any atom is 0.326 e. The Morgan fingerprint density at radius 3 is 2.58 bits per heavy atom. The van der Waals surface area contributed by atoms with Crippen LogP contribution < -0.4 is 10.6 Å². The molecule has 24 heavy (non-hydrogen) atoms. The quantitative estimate of drug-likeness (QED) is 0.537. The van der Waals surface area contributed by atoms with Crippen LogP contribution in [-0.2, 0) is 11.2 Å². The largest absolute Gasteiger partial charge is 0.480 e. The summed E-state index contributed by atoms with van der Waals surface area (Å²) in [4.78, 5) is 14.7. The van der Waals surface area contributed by atoms with E-state index in [9.17, 15) is 9.90 Å². The second kappa shape index (κ2) is 7.14. The van der Waals surface area contributed by atoms with Crippen LogP contribution in [-0.4, -0.2) is 27.2 Å². The van der Waals surface area contributed by atoms with Crippen molar-refractivity contribution < 1.29 is 9.90 Å². The number of thiocarbonyl (C=S) groups is 1. The SMILES string of the molecule is O=C(O)C(Cc1c[nH]c2ccccc12)NC(=S)Nc1ccccc1. The van der Waals surface area contributed by atoms with Gasteiger partial charge in [0.05, 0.1) is 0 Å². The molecule has 1 aromatic heterocycles. The van der Waals surface area contributed by atoms with Crippen molar-refractivity contribution in [2.45, 2.75) is 12.5 Å². The van der Waals surface area contributed by atoms with Gasteiger partial charge in [0.2, 0.25) is 0 Å². The van der Waals surface area contributed by atoms with Gasteiger partial charge in [-0.15, -0.1) is 0 Å². The lowest BCUT2D eigenvalue weighted by molar-refractivity contribution is -0.139. The van der Waals surface area contributed by atoms with E-state index in [4.69, 9.17) is 12.2 Å². The summed E-state index contributed by atoms with van der Waals surface area (Å²) in [5.41, 5.74) is 2.74. The number of hydrogen-bond acceptors (Lipinski definition) is 2. The second-order valence-corrected chi connectivity index (χ2v) is 5.83. The average Bonchev–Trinajstić information content (AvgIpc) is 2.98. The van der Waals surface area contributed by atoms with Crippen molar-refractivity contribution in [3.05, 3.63) is 66.4 Å². The Balaban J connectivity index is 1.71. The molecule has 0 aliphatic rings. The highest BCUT2D eigenvalue weighted by molar-refractivity contribution is 7.80. The van der Waals surface area contributed by atoms with Crippen LogP contribution in [0.3, 0.4) is 0 Å². The predicted molar refractivity (Wildman–Crippen MR) is 99.2 cm³/mol. The molecule has 5 nitrogen and oxygen atoms in total. The third-order valence-electron chi connectivity index (χ3n) is 3.73. The summed E-state index contributed by atoms with van der Waals surface area (Å²) in [6.45, 7) is 0. The van der Waals surface area contributed by atoms with Crippen molar-refractivity contribution in [3.63, 3.8) is 0 Å². The molecule has 0 bridgehead atoms. The monoisotopic (exact) mass is 339 g/mol. The number of nitrogens with one attached hydrogen (secondary N) is 3. The molecule has 0 saturated heterocycles. The minimum absolute atomic E-state index is 0.286. The molecular weight excluding hydrogens is 322 g/mol. The second-order valence-electron chi connectivity index (χ2n) is 5.42. The van der Waals surface area contributed by atoms with E-state index < -0.39 is 12.0 Å². The molecule has 3 rings (SSSR count). The standard InChI is InChI=1S/C18H17N3O2S/c22-17(23)16(21-18(24)20-13-6-2-1-3-7-13)10-12-11-19-15-9-5-4-8-14(12)15/h1-9,11,16,19H,10H2,(H,22,23)(H2,20,21,24). The van der Waals surface area contributed by atoms with Gasteiger partial charge in [0.1, 0.15) is 6.04 Å². The summed E-state index contributed by atoms with van der Waals surface area (Å²) >= 11 is 5.23. The number of H-pyrrole nitrogens is 1. The summed E-state index contributed by atoms with van der Waals surface area (Å²) in [6.07, 6.45) is 2.17. The zero-order valence-electron chi connectivity index (χ0n) is 12.8. The van der Waals surface area contributed by atoms with E-state index in [0.717, 1.165) is 22.2 Å². The van der Waals surface area contributed by atoms with Crippen molar-refractivity contribution in [2.24, 2.45) is 0 Å². The normalized spacial score (nSPS) is 11.8. The minimum atomic E-state index is -0.947. The Labute approximate surface area is 144 Å². The average molecular weight is 339 g/mol. The van der Waals surface area contributed by atoms with Crippen LogP contribution in [0.1, 0.15) is 5.56 Å². The maximum atomic E-state index is 11.6. The van der Waals surface area contributed by atoms with Crippen LogP contribution in [0, 0.1) is 0 Å². The Bertz CT molecular complexity index is 861. The number of aromatic nitrogens is 1. The highest BCUT2D eigenvalue weighted by atomic mass is 32.1. The summed E-state index contributed by atoms with van der Waals surface area (Å²) < 4.78 is 0. The number of carbonyl (C=O) groups is 1. The van der Waals surface area contributed by atoms with Crippen LogP contribution in [0.25, 0.3) is 10.9 Å². The topological polar surface area (TPSA) is 77.1 Å². The smallest absolute Gasteiger partial charge is 0.326 e. The number of aliphatic carboxylic acids is 1. The third kappa shape index (κ3) is 3.72. The van der Waals surface area contributed by atoms with Crippen molar-refractivity contribution >= 4 is 39.9 Å². The molecular formula is C18H17N3O2S. The molecule has 1 unspecified atom stereocenters. The first-order chi connectivity index (χ1) is 11.6. The van der Waals surface area contributed by atoms with Crippen molar-refractivity contribution in [1.82, 2.24) is 10.3 Å². The fraction of sp³-hybridized carbons (Fsp3) is 0.111. The number of hydrogen-bond donors (Lipinski definition) is 4. The molecule has 0 amide bonds. The molecule has 2 aromatic carbocycles.